The molecule has 1 amide bonds. The Kier molecular flexibility index (Phi) is 7.37. The van der Waals surface area contributed by atoms with Gasteiger partial charge in [0.15, 0.2) is 0 Å². The van der Waals surface area contributed by atoms with Gasteiger partial charge in [0.25, 0.3) is 0 Å². The van der Waals surface area contributed by atoms with Gasteiger partial charge in [-0.1, -0.05) is 62.2 Å². The van der Waals surface area contributed by atoms with E-state index in [2.05, 4.69) is 5.32 Å². The summed E-state index contributed by atoms with van der Waals surface area (Å²) in [6.07, 6.45) is 1.30. The van der Waals surface area contributed by atoms with Gasteiger partial charge in [-0.25, -0.2) is 8.42 Å². The summed E-state index contributed by atoms with van der Waals surface area (Å²) >= 11 is 12.3. The molecule has 0 aromatic heterocycles. The van der Waals surface area contributed by atoms with Crippen molar-refractivity contribution in [3.8, 4) is 0 Å². The molecule has 152 valence electrons. The summed E-state index contributed by atoms with van der Waals surface area (Å²) in [7, 11) is -3.80. The number of hydrogen-bond acceptors (Lipinski definition) is 3. The Labute approximate surface area is 176 Å². The molecule has 0 aliphatic rings. The first-order chi connectivity index (χ1) is 13.1. The maximum atomic E-state index is 13.1. The Morgan fingerprint density at radius 3 is 2.36 bits per heavy atom. The van der Waals surface area contributed by atoms with Gasteiger partial charge in [0.1, 0.15) is 6.04 Å². The van der Waals surface area contributed by atoms with Crippen LogP contribution < -0.4 is 9.62 Å². The fraction of sp³-hybridized carbons (Fsp3) is 0.350. The molecular formula is C20H24Cl2N2O3S. The van der Waals surface area contributed by atoms with Crippen molar-refractivity contribution in [2.45, 2.75) is 39.2 Å². The predicted molar refractivity (Wildman–Crippen MR) is 117 cm³/mol. The van der Waals surface area contributed by atoms with E-state index in [-0.39, 0.29) is 23.0 Å². The molecule has 0 radical (unpaired) electrons. The van der Waals surface area contributed by atoms with Gasteiger partial charge in [-0.15, -0.1) is 0 Å². The van der Waals surface area contributed by atoms with Crippen LogP contribution in [0.25, 0.3) is 0 Å². The summed E-state index contributed by atoms with van der Waals surface area (Å²) in [5, 5.41) is 3.40. The summed E-state index contributed by atoms with van der Waals surface area (Å²) in [5.74, 6) is -0.234. The third-order valence-electron chi connectivity index (χ3n) is 4.32. The number of hydrogen-bond donors (Lipinski definition) is 1. The topological polar surface area (TPSA) is 66.5 Å². The van der Waals surface area contributed by atoms with Crippen LogP contribution in [0.15, 0.2) is 42.5 Å². The number of para-hydroxylation sites is 1. The van der Waals surface area contributed by atoms with Gasteiger partial charge >= 0.3 is 0 Å². The molecule has 2 aromatic rings. The molecule has 1 N–H and O–H groups in total. The number of amides is 1. The maximum absolute atomic E-state index is 13.1. The first-order valence-corrected chi connectivity index (χ1v) is 11.5. The Morgan fingerprint density at radius 1 is 1.14 bits per heavy atom. The highest BCUT2D eigenvalue weighted by Crippen LogP contribution is 2.33. The van der Waals surface area contributed by atoms with Crippen LogP contribution in [0.4, 0.5) is 11.4 Å². The van der Waals surface area contributed by atoms with Crippen molar-refractivity contribution in [3.63, 3.8) is 0 Å². The third kappa shape index (κ3) is 5.19. The first-order valence-electron chi connectivity index (χ1n) is 8.90. The van der Waals surface area contributed by atoms with Gasteiger partial charge in [0.2, 0.25) is 15.9 Å². The van der Waals surface area contributed by atoms with E-state index >= 15 is 0 Å². The predicted octanol–water partition coefficient (Wildman–Crippen LogP) is 5.30. The zero-order valence-corrected chi connectivity index (χ0v) is 18.6. The summed E-state index contributed by atoms with van der Waals surface area (Å²) in [6, 6.07) is 11.0. The van der Waals surface area contributed by atoms with Gasteiger partial charge in [0, 0.05) is 10.7 Å². The normalized spacial score (nSPS) is 12.7. The Hall–Kier alpha value is -1.76. The molecule has 8 heteroatoms. The van der Waals surface area contributed by atoms with E-state index in [0.29, 0.717) is 10.7 Å². The lowest BCUT2D eigenvalue weighted by Crippen LogP contribution is -2.47. The largest absolute Gasteiger partial charge is 0.324 e. The molecule has 0 saturated heterocycles. The second kappa shape index (κ2) is 9.16. The van der Waals surface area contributed by atoms with Gasteiger partial charge in [0.05, 0.1) is 17.0 Å². The Bertz CT molecular complexity index is 962. The molecule has 28 heavy (non-hydrogen) atoms. The summed E-state index contributed by atoms with van der Waals surface area (Å²) in [6.45, 7) is 5.79. The molecule has 0 aliphatic heterocycles. The molecule has 2 rings (SSSR count). The highest BCUT2D eigenvalue weighted by molar-refractivity contribution is 7.92. The smallest absolute Gasteiger partial charge is 0.248 e. The molecule has 5 nitrogen and oxygen atoms in total. The highest BCUT2D eigenvalue weighted by Gasteiger charge is 2.33. The van der Waals surface area contributed by atoms with Crippen molar-refractivity contribution >= 4 is 50.5 Å². The van der Waals surface area contributed by atoms with E-state index in [0.717, 1.165) is 16.1 Å². The van der Waals surface area contributed by atoms with Gasteiger partial charge < -0.3 is 5.32 Å². The van der Waals surface area contributed by atoms with E-state index in [4.69, 9.17) is 23.2 Å². The SMILES string of the molecule is CC[C@H](C(=O)Nc1ccccc1C(C)C)N(c1cc(Cl)ccc1Cl)S(C)(=O)=O. The number of carbonyl (C=O) groups excluding carboxylic acids is 1. The number of halogens is 2. The van der Waals surface area contributed by atoms with Gasteiger partial charge in [-0.05, 0) is 42.2 Å². The van der Waals surface area contributed by atoms with Crippen LogP contribution >= 0.6 is 23.2 Å². The molecule has 0 heterocycles. The lowest BCUT2D eigenvalue weighted by atomic mass is 10.0. The standard InChI is InChI=1S/C20H24Cl2N2O3S/c1-5-18(20(25)23-17-9-7-6-8-15(17)13(2)3)24(28(4,26)27)19-12-14(21)10-11-16(19)22/h6-13,18H,5H2,1-4H3,(H,23,25)/t18-/m1/s1. The first kappa shape index (κ1) is 22.5. The number of carbonyl (C=O) groups is 1. The molecule has 0 spiro atoms. The molecule has 0 fully saturated rings. The Balaban J connectivity index is 2.47. The van der Waals surface area contributed by atoms with Crippen LogP contribution in [0.5, 0.6) is 0 Å². The number of benzene rings is 2. The molecule has 0 aliphatic carbocycles. The van der Waals surface area contributed by atoms with Crippen LogP contribution in [0.3, 0.4) is 0 Å². The molecular weight excluding hydrogens is 419 g/mol. The molecule has 0 unspecified atom stereocenters. The lowest BCUT2D eigenvalue weighted by Gasteiger charge is -2.31. The zero-order chi connectivity index (χ0) is 21.1. The Morgan fingerprint density at radius 2 is 1.79 bits per heavy atom. The second-order valence-corrected chi connectivity index (χ2v) is 9.51. The molecule has 2 aromatic carbocycles. The third-order valence-corrected chi connectivity index (χ3v) is 6.04. The number of sulfonamides is 1. The summed E-state index contributed by atoms with van der Waals surface area (Å²) in [4.78, 5) is 13.1. The van der Waals surface area contributed by atoms with E-state index in [1.807, 2.05) is 32.0 Å². The fourth-order valence-electron chi connectivity index (χ4n) is 3.02. The average molecular weight is 443 g/mol. The number of rotatable bonds is 7. The quantitative estimate of drug-likeness (QED) is 0.632. The average Bonchev–Trinajstić information content (AvgIpc) is 2.61. The van der Waals surface area contributed by atoms with Crippen LogP contribution in [0, 0.1) is 0 Å². The van der Waals surface area contributed by atoms with Gasteiger partial charge in [-0.3, -0.25) is 9.10 Å². The van der Waals surface area contributed by atoms with Crippen molar-refractivity contribution in [2.75, 3.05) is 15.9 Å². The lowest BCUT2D eigenvalue weighted by molar-refractivity contribution is -0.117. The van der Waals surface area contributed by atoms with Crippen molar-refractivity contribution in [3.05, 3.63) is 58.1 Å². The minimum atomic E-state index is -3.80. The molecule has 0 bridgehead atoms. The number of nitrogens with one attached hydrogen (secondary N) is 1. The summed E-state index contributed by atoms with van der Waals surface area (Å²) in [5.41, 5.74) is 1.81. The highest BCUT2D eigenvalue weighted by atomic mass is 35.5. The van der Waals surface area contributed by atoms with E-state index < -0.39 is 22.0 Å². The minimum Gasteiger partial charge on any atom is -0.324 e. The number of nitrogens with zero attached hydrogens (tertiary/aromatic N) is 1. The van der Waals surface area contributed by atoms with Crippen LogP contribution in [0.1, 0.15) is 38.7 Å². The van der Waals surface area contributed by atoms with E-state index in [1.54, 1.807) is 19.1 Å². The van der Waals surface area contributed by atoms with Crippen molar-refractivity contribution < 1.29 is 13.2 Å². The van der Waals surface area contributed by atoms with Crippen molar-refractivity contribution in [1.82, 2.24) is 0 Å². The van der Waals surface area contributed by atoms with Crippen molar-refractivity contribution in [1.29, 1.82) is 0 Å². The van der Waals surface area contributed by atoms with Gasteiger partial charge in [-0.2, -0.15) is 0 Å². The molecule has 1 atom stereocenters. The second-order valence-electron chi connectivity index (χ2n) is 6.81. The van der Waals surface area contributed by atoms with Crippen LogP contribution in [0.2, 0.25) is 10.0 Å². The minimum absolute atomic E-state index is 0.177. The zero-order valence-electron chi connectivity index (χ0n) is 16.2. The monoisotopic (exact) mass is 442 g/mol. The number of anilines is 2. The maximum Gasteiger partial charge on any atom is 0.248 e. The fourth-order valence-corrected chi connectivity index (χ4v) is 4.66. The summed E-state index contributed by atoms with van der Waals surface area (Å²) < 4.78 is 26.2. The van der Waals surface area contributed by atoms with Crippen LogP contribution in [-0.2, 0) is 14.8 Å². The van der Waals surface area contributed by atoms with Crippen molar-refractivity contribution in [2.24, 2.45) is 0 Å². The molecule has 0 saturated carbocycles. The van der Waals surface area contributed by atoms with E-state index in [1.165, 1.54) is 12.1 Å². The van der Waals surface area contributed by atoms with E-state index in [9.17, 15) is 13.2 Å². The van der Waals surface area contributed by atoms with Crippen LogP contribution in [-0.4, -0.2) is 26.6 Å².